The molecule has 1 heteroatoms. The number of rotatable bonds is 2. The van der Waals surface area contributed by atoms with Crippen molar-refractivity contribution in [1.29, 1.82) is 0 Å². The van der Waals surface area contributed by atoms with Crippen LogP contribution in [-0.2, 0) is 10.8 Å². The molecule has 1 heterocycles. The van der Waals surface area contributed by atoms with Gasteiger partial charge in [0.2, 0.25) is 0 Å². The maximum atomic E-state index is 2.48. The molecule has 0 fully saturated rings. The largest absolute Gasteiger partial charge is 0.309 e. The highest BCUT2D eigenvalue weighted by Gasteiger charge is 2.23. The Morgan fingerprint density at radius 2 is 1.12 bits per heavy atom. The summed E-state index contributed by atoms with van der Waals surface area (Å²) in [4.78, 5) is 0. The summed E-state index contributed by atoms with van der Waals surface area (Å²) in [5.74, 6) is 0. The van der Waals surface area contributed by atoms with Crippen LogP contribution in [0.25, 0.3) is 38.6 Å². The quantitative estimate of drug-likeness (QED) is 0.255. The molecule has 0 N–H and O–H groups in total. The number of nitrogens with zero attached hydrogens (tertiary/aromatic N) is 1. The van der Waals surface area contributed by atoms with E-state index in [0.29, 0.717) is 0 Å². The van der Waals surface area contributed by atoms with E-state index >= 15 is 0 Å². The number of hydrogen-bond donors (Lipinski definition) is 0. The minimum Gasteiger partial charge on any atom is -0.309 e. The zero-order chi connectivity index (χ0) is 24.3. The molecule has 0 aliphatic rings. The lowest BCUT2D eigenvalue weighted by Crippen LogP contribution is -2.17. The fraction of sp³-hybridized carbons (Fsp3) is 0.273. The van der Waals surface area contributed by atoms with Crippen molar-refractivity contribution >= 4 is 21.8 Å². The van der Waals surface area contributed by atoms with Crippen molar-refractivity contribution in [2.24, 2.45) is 0 Å². The highest BCUT2D eigenvalue weighted by Crippen LogP contribution is 2.41. The highest BCUT2D eigenvalue weighted by atomic mass is 15.0. The highest BCUT2D eigenvalue weighted by molar-refractivity contribution is 6.17. The van der Waals surface area contributed by atoms with Crippen LogP contribution in [0.1, 0.15) is 58.2 Å². The molecule has 1 nitrogen and oxygen atoms in total. The van der Waals surface area contributed by atoms with Gasteiger partial charge in [0, 0.05) is 16.5 Å². The van der Waals surface area contributed by atoms with Gasteiger partial charge in [-0.25, -0.2) is 0 Å². The van der Waals surface area contributed by atoms with Crippen molar-refractivity contribution in [2.45, 2.75) is 59.3 Å². The Labute approximate surface area is 204 Å². The normalized spacial score (nSPS) is 12.6. The van der Waals surface area contributed by atoms with Crippen molar-refractivity contribution in [2.75, 3.05) is 0 Å². The van der Waals surface area contributed by atoms with Crippen LogP contribution in [0.15, 0.2) is 84.9 Å². The summed E-state index contributed by atoms with van der Waals surface area (Å²) in [6.07, 6.45) is 0. The Morgan fingerprint density at radius 1 is 0.559 bits per heavy atom. The van der Waals surface area contributed by atoms with Gasteiger partial charge in [-0.3, -0.25) is 0 Å². The minimum absolute atomic E-state index is 0.0693. The van der Waals surface area contributed by atoms with Crippen LogP contribution in [0.2, 0.25) is 0 Å². The predicted octanol–water partition coefficient (Wildman–Crippen LogP) is 9.35. The maximum Gasteiger partial charge on any atom is 0.0547 e. The van der Waals surface area contributed by atoms with Crippen LogP contribution >= 0.6 is 0 Å². The SMILES string of the molecule is Cc1cccc2c1c1c(-c3ccccc3)cccc1n2-c1cc(C(C)(C)C)cc(C(C)(C)C)c1. The van der Waals surface area contributed by atoms with Gasteiger partial charge in [-0.1, -0.05) is 102 Å². The molecule has 0 aliphatic heterocycles. The Hall–Kier alpha value is -3.32. The Morgan fingerprint density at radius 3 is 1.71 bits per heavy atom. The molecule has 0 amide bonds. The third kappa shape index (κ3) is 3.74. The van der Waals surface area contributed by atoms with Crippen molar-refractivity contribution in [3.8, 4) is 16.8 Å². The van der Waals surface area contributed by atoms with Crippen LogP contribution in [0.3, 0.4) is 0 Å². The number of aromatic nitrogens is 1. The molecule has 4 aromatic carbocycles. The maximum absolute atomic E-state index is 2.48. The number of benzene rings is 4. The van der Waals surface area contributed by atoms with Gasteiger partial charge in [-0.2, -0.15) is 0 Å². The topological polar surface area (TPSA) is 4.93 Å². The summed E-state index contributed by atoms with van der Waals surface area (Å²) in [5, 5.41) is 2.68. The summed E-state index contributed by atoms with van der Waals surface area (Å²) in [7, 11) is 0. The van der Waals surface area contributed by atoms with Crippen LogP contribution in [0, 0.1) is 6.92 Å². The fourth-order valence-electron chi connectivity index (χ4n) is 5.03. The summed E-state index contributed by atoms with van der Waals surface area (Å²) >= 11 is 0. The first-order valence-electron chi connectivity index (χ1n) is 12.3. The van der Waals surface area contributed by atoms with Gasteiger partial charge >= 0.3 is 0 Å². The van der Waals surface area contributed by atoms with Crippen LogP contribution in [0.4, 0.5) is 0 Å². The average molecular weight is 446 g/mol. The first-order chi connectivity index (χ1) is 16.1. The standard InChI is InChI=1S/C33H35N/c1-22-13-11-17-28-30(22)31-27(23-14-9-8-10-15-23)16-12-18-29(31)34(28)26-20-24(32(2,3)4)19-25(21-26)33(5,6)7/h8-21H,1-7H3. The van der Waals surface area contributed by atoms with Gasteiger partial charge in [0.15, 0.2) is 0 Å². The zero-order valence-corrected chi connectivity index (χ0v) is 21.5. The van der Waals surface area contributed by atoms with Crippen LogP contribution in [0.5, 0.6) is 0 Å². The van der Waals surface area contributed by atoms with E-state index in [9.17, 15) is 0 Å². The molecule has 5 rings (SSSR count). The van der Waals surface area contributed by atoms with Gasteiger partial charge in [-0.15, -0.1) is 0 Å². The smallest absolute Gasteiger partial charge is 0.0547 e. The molecule has 0 bridgehead atoms. The minimum atomic E-state index is 0.0693. The molecule has 0 atom stereocenters. The Balaban J connectivity index is 1.94. The Bertz CT molecular complexity index is 1470. The van der Waals surface area contributed by atoms with Crippen molar-refractivity contribution in [3.05, 3.63) is 102 Å². The van der Waals surface area contributed by atoms with E-state index in [1.54, 1.807) is 0 Å². The van der Waals surface area contributed by atoms with Gasteiger partial charge in [-0.05, 0) is 69.8 Å². The van der Waals surface area contributed by atoms with E-state index in [2.05, 4.69) is 138 Å². The first kappa shape index (κ1) is 22.5. The molecule has 1 aromatic heterocycles. The molecule has 5 aromatic rings. The second kappa shape index (κ2) is 7.87. The lowest BCUT2D eigenvalue weighted by atomic mass is 9.80. The molecule has 0 radical (unpaired) electrons. The lowest BCUT2D eigenvalue weighted by Gasteiger charge is -2.26. The third-order valence-electron chi connectivity index (χ3n) is 7.02. The zero-order valence-electron chi connectivity index (χ0n) is 21.5. The first-order valence-corrected chi connectivity index (χ1v) is 12.3. The molecule has 0 aliphatic carbocycles. The van der Waals surface area contributed by atoms with Crippen molar-refractivity contribution in [1.82, 2.24) is 4.57 Å². The van der Waals surface area contributed by atoms with Crippen LogP contribution < -0.4 is 0 Å². The van der Waals surface area contributed by atoms with Gasteiger partial charge in [0.05, 0.1) is 11.0 Å². The van der Waals surface area contributed by atoms with E-state index in [-0.39, 0.29) is 10.8 Å². The van der Waals surface area contributed by atoms with Gasteiger partial charge in [0.25, 0.3) is 0 Å². The van der Waals surface area contributed by atoms with Gasteiger partial charge in [0.1, 0.15) is 0 Å². The number of fused-ring (bicyclic) bond motifs is 3. The molecular weight excluding hydrogens is 410 g/mol. The van der Waals surface area contributed by atoms with Crippen LogP contribution in [-0.4, -0.2) is 4.57 Å². The van der Waals surface area contributed by atoms with Gasteiger partial charge < -0.3 is 4.57 Å². The predicted molar refractivity (Wildman–Crippen MR) is 148 cm³/mol. The van der Waals surface area contributed by atoms with E-state index in [0.717, 1.165) is 0 Å². The second-order valence-electron chi connectivity index (χ2n) is 11.6. The summed E-state index contributed by atoms with van der Waals surface area (Å²) in [6.45, 7) is 16.1. The molecule has 0 saturated carbocycles. The molecule has 0 saturated heterocycles. The van der Waals surface area contributed by atoms with Crippen molar-refractivity contribution in [3.63, 3.8) is 0 Å². The molecule has 0 spiro atoms. The Kier molecular flexibility index (Phi) is 5.20. The fourth-order valence-corrected chi connectivity index (χ4v) is 5.03. The van der Waals surface area contributed by atoms with E-state index in [1.165, 1.54) is 55.3 Å². The molecular formula is C33H35N. The lowest BCUT2D eigenvalue weighted by molar-refractivity contribution is 0.568. The van der Waals surface area contributed by atoms with E-state index in [1.807, 2.05) is 0 Å². The van der Waals surface area contributed by atoms with Crippen molar-refractivity contribution < 1.29 is 0 Å². The second-order valence-corrected chi connectivity index (χ2v) is 11.6. The average Bonchev–Trinajstić information content (AvgIpc) is 3.14. The van der Waals surface area contributed by atoms with E-state index in [4.69, 9.17) is 0 Å². The molecule has 0 unspecified atom stereocenters. The molecule has 34 heavy (non-hydrogen) atoms. The summed E-state index contributed by atoms with van der Waals surface area (Å²) < 4.78 is 2.48. The number of aryl methyl sites for hydroxylation is 1. The third-order valence-corrected chi connectivity index (χ3v) is 7.02. The summed E-state index contributed by atoms with van der Waals surface area (Å²) in [5.41, 5.74) is 10.5. The monoisotopic (exact) mass is 445 g/mol. The molecule has 172 valence electrons. The number of hydrogen-bond acceptors (Lipinski definition) is 0. The van der Waals surface area contributed by atoms with E-state index < -0.39 is 0 Å². The summed E-state index contributed by atoms with van der Waals surface area (Å²) in [6, 6.07) is 31.4.